The van der Waals surface area contributed by atoms with Crippen molar-refractivity contribution in [1.29, 1.82) is 0 Å². The van der Waals surface area contributed by atoms with Gasteiger partial charge in [0.1, 0.15) is 4.90 Å². The Morgan fingerprint density at radius 1 is 1.37 bits per heavy atom. The summed E-state index contributed by atoms with van der Waals surface area (Å²) in [6.07, 6.45) is 1.36. The Bertz CT molecular complexity index is 1070. The molecule has 1 atom stereocenters. The molecule has 1 saturated heterocycles. The van der Waals surface area contributed by atoms with Gasteiger partial charge in [-0.15, -0.1) is 0 Å². The minimum atomic E-state index is -4.10. The lowest BCUT2D eigenvalue weighted by molar-refractivity contribution is 0.149. The molecular formula is C19H21BrClN3O4S2. The minimum Gasteiger partial charge on any atom is -0.504 e. The van der Waals surface area contributed by atoms with Crippen LogP contribution in [0.5, 0.6) is 5.75 Å². The number of rotatable bonds is 6. The van der Waals surface area contributed by atoms with Gasteiger partial charge in [0, 0.05) is 24.2 Å². The van der Waals surface area contributed by atoms with E-state index in [-0.39, 0.29) is 33.4 Å². The van der Waals surface area contributed by atoms with Crippen LogP contribution >= 0.6 is 39.7 Å². The van der Waals surface area contributed by atoms with Crippen molar-refractivity contribution >= 4 is 66.3 Å². The van der Waals surface area contributed by atoms with Crippen LogP contribution in [0.1, 0.15) is 12.8 Å². The number of aromatic hydroxyl groups is 1. The maximum atomic E-state index is 13.4. The second-order valence-electron chi connectivity index (χ2n) is 6.74. The molecule has 2 aromatic rings. The van der Waals surface area contributed by atoms with E-state index in [2.05, 4.69) is 15.9 Å². The summed E-state index contributed by atoms with van der Waals surface area (Å²) in [6, 6.07) is 9.67. The molecule has 1 aliphatic rings. The van der Waals surface area contributed by atoms with Crippen LogP contribution in [0.25, 0.3) is 0 Å². The first kappa shape index (κ1) is 23.2. The van der Waals surface area contributed by atoms with Crippen molar-refractivity contribution in [1.82, 2.24) is 4.31 Å². The fraction of sp³-hybridized carbons (Fsp3) is 0.316. The Morgan fingerprint density at radius 3 is 2.70 bits per heavy atom. The molecule has 11 heteroatoms. The predicted octanol–water partition coefficient (Wildman–Crippen LogP) is 3.99. The first-order valence-corrected chi connectivity index (χ1v) is 12.1. The molecule has 0 saturated carbocycles. The summed E-state index contributed by atoms with van der Waals surface area (Å²) >= 11 is 14.9. The molecule has 0 unspecified atom stereocenters. The first-order chi connectivity index (χ1) is 14.2. The van der Waals surface area contributed by atoms with E-state index in [9.17, 15) is 13.5 Å². The molecule has 2 aromatic carbocycles. The van der Waals surface area contributed by atoms with E-state index in [1.54, 1.807) is 18.2 Å². The number of nitrogens with two attached hydrogens (primary N) is 1. The van der Waals surface area contributed by atoms with E-state index in [1.165, 1.54) is 28.4 Å². The third-order valence-electron chi connectivity index (χ3n) is 4.87. The molecule has 3 N–H and O–H groups in total. The Kier molecular flexibility index (Phi) is 7.26. The van der Waals surface area contributed by atoms with Crippen LogP contribution in [0.4, 0.5) is 11.4 Å². The SMILES string of the molecule is COC[C@H]1CCCN1S(=O)(=O)c1c(Cl)ccc(N(C(N)=S)c2ccccc2Br)c1O. The topological polar surface area (TPSA) is 96.1 Å². The molecule has 0 amide bonds. The highest BCUT2D eigenvalue weighted by atomic mass is 79.9. The number of hydrogen-bond acceptors (Lipinski definition) is 5. The smallest absolute Gasteiger partial charge is 0.248 e. The number of sulfonamides is 1. The van der Waals surface area contributed by atoms with E-state index in [1.807, 2.05) is 6.07 Å². The van der Waals surface area contributed by atoms with Gasteiger partial charge in [0.25, 0.3) is 0 Å². The molecule has 0 aliphatic carbocycles. The number of thiocarbonyl (C=S) groups is 1. The highest BCUT2D eigenvalue weighted by Crippen LogP contribution is 2.44. The standard InChI is InChI=1S/C19H21BrClN3O4S2/c1-28-11-12-5-4-10-23(12)30(26,27)18-14(21)8-9-16(17(18)25)24(19(22)29)15-7-3-2-6-13(15)20/h2-3,6-9,12,25H,4-5,10-11H2,1H3,(H2,22,29)/t12-/m1/s1. The van der Waals surface area contributed by atoms with Crippen molar-refractivity contribution in [3.63, 3.8) is 0 Å². The summed E-state index contributed by atoms with van der Waals surface area (Å²) in [7, 11) is -2.58. The molecule has 0 aromatic heterocycles. The lowest BCUT2D eigenvalue weighted by atomic mass is 10.2. The predicted molar refractivity (Wildman–Crippen MR) is 125 cm³/mol. The Hall–Kier alpha value is -1.43. The van der Waals surface area contributed by atoms with Gasteiger partial charge in [0.2, 0.25) is 10.0 Å². The number of para-hydroxylation sites is 1. The molecule has 3 rings (SSSR count). The average molecular weight is 535 g/mol. The van der Waals surface area contributed by atoms with Crippen LogP contribution < -0.4 is 10.6 Å². The Morgan fingerprint density at radius 2 is 2.07 bits per heavy atom. The van der Waals surface area contributed by atoms with Gasteiger partial charge in [-0.3, -0.25) is 4.90 Å². The molecule has 162 valence electrons. The molecule has 1 aliphatic heterocycles. The average Bonchev–Trinajstić information content (AvgIpc) is 3.14. The summed E-state index contributed by atoms with van der Waals surface area (Å²) in [5.41, 5.74) is 6.59. The van der Waals surface area contributed by atoms with Crippen LogP contribution in [0, 0.1) is 0 Å². The van der Waals surface area contributed by atoms with Gasteiger partial charge in [-0.05, 0) is 65.3 Å². The number of benzene rings is 2. The second-order valence-corrected chi connectivity index (χ2v) is 10.2. The molecule has 7 nitrogen and oxygen atoms in total. The van der Waals surface area contributed by atoms with Crippen LogP contribution in [-0.2, 0) is 14.8 Å². The molecule has 1 heterocycles. The lowest BCUT2D eigenvalue weighted by Crippen LogP contribution is -2.38. The lowest BCUT2D eigenvalue weighted by Gasteiger charge is -2.28. The summed E-state index contributed by atoms with van der Waals surface area (Å²) in [5, 5.41) is 10.9. The van der Waals surface area contributed by atoms with Crippen molar-refractivity contribution in [2.24, 2.45) is 5.73 Å². The van der Waals surface area contributed by atoms with Gasteiger partial charge >= 0.3 is 0 Å². The number of halogens is 2. The summed E-state index contributed by atoms with van der Waals surface area (Å²) in [6.45, 7) is 0.576. The Labute approximate surface area is 194 Å². The molecule has 0 radical (unpaired) electrons. The largest absolute Gasteiger partial charge is 0.504 e. The van der Waals surface area contributed by atoms with Crippen LogP contribution in [0.3, 0.4) is 0 Å². The molecule has 0 bridgehead atoms. The fourth-order valence-corrected chi connectivity index (χ4v) is 6.49. The second kappa shape index (κ2) is 9.37. The maximum absolute atomic E-state index is 13.4. The molecule has 0 spiro atoms. The minimum absolute atomic E-state index is 0.0682. The van der Waals surface area contributed by atoms with E-state index in [4.69, 9.17) is 34.3 Å². The Balaban J connectivity index is 2.16. The van der Waals surface area contributed by atoms with Gasteiger partial charge in [0.05, 0.1) is 23.0 Å². The van der Waals surface area contributed by atoms with E-state index < -0.39 is 15.8 Å². The summed E-state index contributed by atoms with van der Waals surface area (Å²) < 4.78 is 34.0. The maximum Gasteiger partial charge on any atom is 0.248 e. The van der Waals surface area contributed by atoms with Gasteiger partial charge in [-0.25, -0.2) is 8.42 Å². The van der Waals surface area contributed by atoms with Gasteiger partial charge in [-0.1, -0.05) is 23.7 Å². The van der Waals surface area contributed by atoms with Gasteiger partial charge < -0.3 is 15.6 Å². The molecular weight excluding hydrogens is 514 g/mol. The highest BCUT2D eigenvalue weighted by molar-refractivity contribution is 9.10. The van der Waals surface area contributed by atoms with Crippen molar-refractivity contribution < 1.29 is 18.3 Å². The normalized spacial score (nSPS) is 17.2. The first-order valence-electron chi connectivity index (χ1n) is 9.06. The van der Waals surface area contributed by atoms with Crippen molar-refractivity contribution in [3.05, 3.63) is 45.9 Å². The van der Waals surface area contributed by atoms with Crippen LogP contribution in [0.2, 0.25) is 5.02 Å². The van der Waals surface area contributed by atoms with E-state index in [0.29, 0.717) is 29.5 Å². The summed E-state index contributed by atoms with van der Waals surface area (Å²) in [5.74, 6) is -0.519. The number of hydrogen-bond donors (Lipinski definition) is 2. The monoisotopic (exact) mass is 533 g/mol. The van der Waals surface area contributed by atoms with Gasteiger partial charge in [-0.2, -0.15) is 4.31 Å². The van der Waals surface area contributed by atoms with Gasteiger partial charge in [0.15, 0.2) is 10.9 Å². The number of phenols is 1. The zero-order valence-electron chi connectivity index (χ0n) is 16.1. The van der Waals surface area contributed by atoms with Crippen molar-refractivity contribution in [2.75, 3.05) is 25.2 Å². The number of methoxy groups -OCH3 is 1. The third-order valence-corrected chi connectivity index (χ3v) is 8.17. The fourth-order valence-electron chi connectivity index (χ4n) is 3.56. The summed E-state index contributed by atoms with van der Waals surface area (Å²) in [4.78, 5) is 1.01. The van der Waals surface area contributed by atoms with E-state index in [0.717, 1.165) is 0 Å². The molecule has 30 heavy (non-hydrogen) atoms. The van der Waals surface area contributed by atoms with Crippen LogP contribution in [0.15, 0.2) is 45.8 Å². The number of anilines is 2. The highest BCUT2D eigenvalue weighted by Gasteiger charge is 2.39. The number of ether oxygens (including phenoxy) is 1. The van der Waals surface area contributed by atoms with Crippen molar-refractivity contribution in [2.45, 2.75) is 23.8 Å². The van der Waals surface area contributed by atoms with E-state index >= 15 is 0 Å². The van der Waals surface area contributed by atoms with Crippen LogP contribution in [-0.4, -0.2) is 49.2 Å². The number of phenolic OH excluding ortho intramolecular Hbond substituents is 1. The molecule has 1 fully saturated rings. The van der Waals surface area contributed by atoms with Crippen molar-refractivity contribution in [3.8, 4) is 5.75 Å². The third kappa shape index (κ3) is 4.30. The quantitative estimate of drug-likeness (QED) is 0.541. The number of nitrogens with zero attached hydrogens (tertiary/aromatic N) is 2. The zero-order chi connectivity index (χ0) is 22.1. The zero-order valence-corrected chi connectivity index (χ0v) is 20.1.